The van der Waals surface area contributed by atoms with Crippen molar-refractivity contribution in [2.45, 2.75) is 46.6 Å². The van der Waals surface area contributed by atoms with Crippen molar-refractivity contribution in [3.8, 4) is 6.07 Å². The minimum absolute atomic E-state index is 0.123. The number of unbranched alkanes of at least 4 members (excludes halogenated alkanes) is 1. The van der Waals surface area contributed by atoms with Gasteiger partial charge in [-0.1, -0.05) is 34.1 Å². The van der Waals surface area contributed by atoms with Crippen LogP contribution in [0.2, 0.25) is 0 Å². The molecule has 0 spiro atoms. The lowest BCUT2D eigenvalue weighted by Gasteiger charge is -2.30. The van der Waals surface area contributed by atoms with Crippen LogP contribution < -0.4 is 5.73 Å². The Labute approximate surface area is 98.4 Å². The van der Waals surface area contributed by atoms with E-state index in [4.69, 9.17) is 11.0 Å². The summed E-state index contributed by atoms with van der Waals surface area (Å²) in [5, 5.41) is 8.68. The van der Waals surface area contributed by atoms with E-state index in [2.05, 4.69) is 6.92 Å². The van der Waals surface area contributed by atoms with Gasteiger partial charge in [-0.3, -0.25) is 4.79 Å². The zero-order valence-electron chi connectivity index (χ0n) is 10.8. The van der Waals surface area contributed by atoms with Gasteiger partial charge in [0.25, 0.3) is 0 Å². The highest BCUT2D eigenvalue weighted by molar-refractivity contribution is 5.82. The van der Waals surface area contributed by atoms with Crippen molar-refractivity contribution in [1.82, 2.24) is 4.90 Å². The van der Waals surface area contributed by atoms with Crippen molar-refractivity contribution in [2.24, 2.45) is 11.1 Å². The Morgan fingerprint density at radius 2 is 2.06 bits per heavy atom. The molecule has 0 aliphatic carbocycles. The van der Waals surface area contributed by atoms with Crippen LogP contribution in [0.15, 0.2) is 0 Å². The fourth-order valence-electron chi connectivity index (χ4n) is 1.27. The van der Waals surface area contributed by atoms with E-state index in [1.807, 2.05) is 26.8 Å². The van der Waals surface area contributed by atoms with Crippen LogP contribution in [0.3, 0.4) is 0 Å². The van der Waals surface area contributed by atoms with Gasteiger partial charge in [0.1, 0.15) is 6.54 Å². The minimum Gasteiger partial charge on any atom is -0.328 e. The van der Waals surface area contributed by atoms with Crippen LogP contribution in [-0.2, 0) is 4.79 Å². The van der Waals surface area contributed by atoms with E-state index in [-0.39, 0.29) is 17.9 Å². The summed E-state index contributed by atoms with van der Waals surface area (Å²) in [5.74, 6) is -0.123. The standard InChI is InChI=1S/C12H23N3O/c1-5-6-8-15(9-7-13)11(16)10(14)12(2,3)4/h10H,5-6,8-9,14H2,1-4H3/t10-/m1/s1. The second kappa shape index (κ2) is 6.49. The molecule has 1 atom stereocenters. The van der Waals surface area contributed by atoms with Crippen molar-refractivity contribution < 1.29 is 4.79 Å². The highest BCUT2D eigenvalue weighted by atomic mass is 16.2. The molecule has 0 aromatic carbocycles. The predicted octanol–water partition coefficient (Wildman–Crippen LogP) is 1.51. The molecule has 2 N–H and O–H groups in total. The maximum Gasteiger partial charge on any atom is 0.240 e. The molecule has 0 saturated carbocycles. The topological polar surface area (TPSA) is 70.1 Å². The van der Waals surface area contributed by atoms with E-state index in [0.29, 0.717) is 6.54 Å². The monoisotopic (exact) mass is 225 g/mol. The van der Waals surface area contributed by atoms with Crippen LogP contribution >= 0.6 is 0 Å². The molecule has 16 heavy (non-hydrogen) atoms. The molecule has 0 bridgehead atoms. The Balaban J connectivity index is 4.55. The summed E-state index contributed by atoms with van der Waals surface area (Å²) in [5.41, 5.74) is 5.63. The first-order valence-electron chi connectivity index (χ1n) is 5.76. The van der Waals surface area contributed by atoms with Gasteiger partial charge in [0, 0.05) is 6.54 Å². The molecule has 0 fully saturated rings. The number of nitrogens with zero attached hydrogens (tertiary/aromatic N) is 2. The molecule has 1 amide bonds. The first-order valence-corrected chi connectivity index (χ1v) is 5.76. The Bertz CT molecular complexity index is 262. The largest absolute Gasteiger partial charge is 0.328 e. The highest BCUT2D eigenvalue weighted by Gasteiger charge is 2.30. The van der Waals surface area contributed by atoms with Crippen molar-refractivity contribution >= 4 is 5.91 Å². The number of rotatable bonds is 5. The van der Waals surface area contributed by atoms with Crippen LogP contribution in [0, 0.1) is 16.7 Å². The van der Waals surface area contributed by atoms with Gasteiger partial charge >= 0.3 is 0 Å². The smallest absolute Gasteiger partial charge is 0.240 e. The van der Waals surface area contributed by atoms with Gasteiger partial charge in [0.15, 0.2) is 0 Å². The molecule has 0 saturated heterocycles. The molecule has 0 unspecified atom stereocenters. The third kappa shape index (κ3) is 4.63. The number of hydrogen-bond acceptors (Lipinski definition) is 3. The Kier molecular flexibility index (Phi) is 6.05. The average molecular weight is 225 g/mol. The molecule has 4 nitrogen and oxygen atoms in total. The number of amides is 1. The molecule has 92 valence electrons. The summed E-state index contributed by atoms with van der Waals surface area (Å²) in [4.78, 5) is 13.6. The first-order chi connectivity index (χ1) is 7.34. The van der Waals surface area contributed by atoms with Crippen LogP contribution in [0.1, 0.15) is 40.5 Å². The van der Waals surface area contributed by atoms with E-state index < -0.39 is 6.04 Å². The van der Waals surface area contributed by atoms with Crippen molar-refractivity contribution in [3.63, 3.8) is 0 Å². The highest BCUT2D eigenvalue weighted by Crippen LogP contribution is 2.19. The maximum atomic E-state index is 12.0. The van der Waals surface area contributed by atoms with Gasteiger partial charge in [0.2, 0.25) is 5.91 Å². The predicted molar refractivity (Wildman–Crippen MR) is 64.5 cm³/mol. The molecule has 0 aromatic rings. The SMILES string of the molecule is CCCCN(CC#N)C(=O)[C@@H](N)C(C)(C)C. The van der Waals surface area contributed by atoms with Gasteiger partial charge in [-0.05, 0) is 11.8 Å². The lowest BCUT2D eigenvalue weighted by Crippen LogP contribution is -2.50. The Morgan fingerprint density at radius 1 is 1.50 bits per heavy atom. The Morgan fingerprint density at radius 3 is 2.44 bits per heavy atom. The molecule has 4 heteroatoms. The molecule has 0 heterocycles. The summed E-state index contributed by atoms with van der Waals surface area (Å²) in [6.07, 6.45) is 1.91. The van der Waals surface area contributed by atoms with Gasteiger partial charge in [0.05, 0.1) is 12.1 Å². The fourth-order valence-corrected chi connectivity index (χ4v) is 1.27. The average Bonchev–Trinajstić information content (AvgIpc) is 2.20. The quantitative estimate of drug-likeness (QED) is 0.721. The molecule has 0 aliphatic rings. The van der Waals surface area contributed by atoms with Crippen molar-refractivity contribution in [1.29, 1.82) is 5.26 Å². The molecule has 0 aromatic heterocycles. The van der Waals surface area contributed by atoms with Gasteiger partial charge in [-0.25, -0.2) is 0 Å². The first kappa shape index (κ1) is 14.9. The third-order valence-electron chi connectivity index (χ3n) is 2.55. The maximum absolute atomic E-state index is 12.0. The zero-order chi connectivity index (χ0) is 12.8. The molecule has 0 radical (unpaired) electrons. The second-order valence-corrected chi connectivity index (χ2v) is 5.12. The van der Waals surface area contributed by atoms with Crippen LogP contribution in [0.25, 0.3) is 0 Å². The van der Waals surface area contributed by atoms with E-state index in [0.717, 1.165) is 12.8 Å². The lowest BCUT2D eigenvalue weighted by atomic mass is 9.86. The van der Waals surface area contributed by atoms with Crippen LogP contribution in [0.5, 0.6) is 0 Å². The zero-order valence-corrected chi connectivity index (χ0v) is 10.8. The van der Waals surface area contributed by atoms with Crippen molar-refractivity contribution in [3.05, 3.63) is 0 Å². The number of carbonyl (C=O) groups excluding carboxylic acids is 1. The normalized spacial score (nSPS) is 13.0. The van der Waals surface area contributed by atoms with E-state index >= 15 is 0 Å². The number of hydrogen-bond donors (Lipinski definition) is 1. The summed E-state index contributed by atoms with van der Waals surface area (Å²) in [6.45, 7) is 8.59. The van der Waals surface area contributed by atoms with Crippen LogP contribution in [0.4, 0.5) is 0 Å². The summed E-state index contributed by atoms with van der Waals surface area (Å²) in [6, 6.07) is 1.47. The molecule has 0 aliphatic heterocycles. The minimum atomic E-state index is -0.544. The summed E-state index contributed by atoms with van der Waals surface area (Å²) < 4.78 is 0. The number of nitrogens with two attached hydrogens (primary N) is 1. The number of nitriles is 1. The molecular weight excluding hydrogens is 202 g/mol. The molecular formula is C12H23N3O. The van der Waals surface area contributed by atoms with Gasteiger partial charge in [-0.15, -0.1) is 0 Å². The van der Waals surface area contributed by atoms with E-state index in [1.165, 1.54) is 0 Å². The van der Waals surface area contributed by atoms with Crippen LogP contribution in [-0.4, -0.2) is 29.9 Å². The molecule has 0 rings (SSSR count). The summed E-state index contributed by atoms with van der Waals surface area (Å²) >= 11 is 0. The van der Waals surface area contributed by atoms with Gasteiger partial charge < -0.3 is 10.6 Å². The third-order valence-corrected chi connectivity index (χ3v) is 2.55. The van der Waals surface area contributed by atoms with Gasteiger partial charge in [-0.2, -0.15) is 5.26 Å². The van der Waals surface area contributed by atoms with E-state index in [9.17, 15) is 4.79 Å². The van der Waals surface area contributed by atoms with Crippen molar-refractivity contribution in [2.75, 3.05) is 13.1 Å². The van der Waals surface area contributed by atoms with E-state index in [1.54, 1.807) is 4.90 Å². The number of carbonyl (C=O) groups is 1. The second-order valence-electron chi connectivity index (χ2n) is 5.12. The fraction of sp³-hybridized carbons (Fsp3) is 0.833. The Hall–Kier alpha value is -1.08. The summed E-state index contributed by atoms with van der Waals surface area (Å²) in [7, 11) is 0. The lowest BCUT2D eigenvalue weighted by molar-refractivity contribution is -0.134.